The maximum Gasteiger partial charge on any atom is 0.309 e. The Labute approximate surface area is 239 Å². The quantitative estimate of drug-likeness (QED) is 0.312. The molecule has 3 aromatic rings. The zero-order chi connectivity index (χ0) is 27.9. The van der Waals surface area contributed by atoms with E-state index in [1.54, 1.807) is 21.2 Å². The third-order valence-electron chi connectivity index (χ3n) is 7.59. The smallest absolute Gasteiger partial charge is 0.309 e. The molecule has 1 aromatic heterocycles. The number of methoxy groups -OCH3 is 1. The first-order valence-corrected chi connectivity index (χ1v) is 14.9. The van der Waals surface area contributed by atoms with Crippen molar-refractivity contribution in [1.29, 1.82) is 0 Å². The van der Waals surface area contributed by atoms with Crippen LogP contribution in [0.5, 0.6) is 0 Å². The maximum atomic E-state index is 13.9. The highest BCUT2D eigenvalue weighted by atomic mass is 32.2. The molecule has 1 aliphatic heterocycles. The van der Waals surface area contributed by atoms with Crippen LogP contribution in [0.25, 0.3) is 5.69 Å². The summed E-state index contributed by atoms with van der Waals surface area (Å²) in [4.78, 5) is 45.2. The lowest BCUT2D eigenvalue weighted by molar-refractivity contribution is -0.139. The molecule has 9 heteroatoms. The number of hydrogen-bond acceptors (Lipinski definition) is 7. The summed E-state index contributed by atoms with van der Waals surface area (Å²) in [6.45, 7) is 1.52. The van der Waals surface area contributed by atoms with Gasteiger partial charge >= 0.3 is 5.97 Å². The zero-order valence-corrected chi connectivity index (χ0v) is 23.8. The fraction of sp³-hybridized carbons (Fsp3) is 0.419. The molecule has 210 valence electrons. The van der Waals surface area contributed by atoms with Crippen molar-refractivity contribution in [2.45, 2.75) is 68.4 Å². The number of thioether (sulfide) groups is 1. The Hall–Kier alpha value is -3.43. The second kappa shape index (κ2) is 13.3. The number of amides is 1. The van der Waals surface area contributed by atoms with Gasteiger partial charge in [0, 0.05) is 24.8 Å². The first-order valence-electron chi connectivity index (χ1n) is 14.0. The lowest BCUT2D eigenvalue weighted by Crippen LogP contribution is -2.44. The molecule has 0 atom stereocenters. The van der Waals surface area contributed by atoms with Gasteiger partial charge in [-0.2, -0.15) is 0 Å². The predicted molar refractivity (Wildman–Crippen MR) is 156 cm³/mol. The summed E-state index contributed by atoms with van der Waals surface area (Å²) >= 11 is 1.73. The van der Waals surface area contributed by atoms with Gasteiger partial charge in [-0.05, 0) is 36.1 Å². The standard InChI is InChI=1S/C31H36N4O4S/c1-39-29(37)18-22-12-14-23(15-13-22)19-32-20-28(36)34-17-16-27-26(21-34)30(38)35(24-8-4-2-5-9-24)31(33-27)40-25-10-6-3-7-11-25/h2,4-5,8-9,12-15,25,32H,3,6-7,10-11,16-21H2,1H3. The molecule has 1 saturated carbocycles. The first kappa shape index (κ1) is 28.1. The number of hydrogen-bond donors (Lipinski definition) is 1. The van der Waals surface area contributed by atoms with E-state index in [0.29, 0.717) is 30.3 Å². The third kappa shape index (κ3) is 6.82. The highest BCUT2D eigenvalue weighted by molar-refractivity contribution is 7.99. The molecule has 2 aromatic carbocycles. The van der Waals surface area contributed by atoms with Crippen LogP contribution in [0.15, 0.2) is 64.5 Å². The van der Waals surface area contributed by atoms with E-state index in [-0.39, 0.29) is 36.9 Å². The first-order chi connectivity index (χ1) is 19.5. The molecule has 0 bridgehead atoms. The van der Waals surface area contributed by atoms with E-state index in [0.717, 1.165) is 40.5 Å². The van der Waals surface area contributed by atoms with E-state index >= 15 is 0 Å². The van der Waals surface area contributed by atoms with Crippen LogP contribution in [0.3, 0.4) is 0 Å². The van der Waals surface area contributed by atoms with Crippen LogP contribution in [0.4, 0.5) is 0 Å². The minimum atomic E-state index is -0.274. The molecule has 0 unspecified atom stereocenters. The van der Waals surface area contributed by atoms with Crippen molar-refractivity contribution < 1.29 is 14.3 Å². The Morgan fingerprint density at radius 3 is 2.48 bits per heavy atom. The number of ether oxygens (including phenoxy) is 1. The zero-order valence-electron chi connectivity index (χ0n) is 22.9. The SMILES string of the molecule is COC(=O)Cc1ccc(CNCC(=O)N2CCc3nc(SC4CCCCC4)n(-c4ccccc4)c(=O)c3C2)cc1. The molecule has 0 spiro atoms. The Balaban J connectivity index is 1.26. The van der Waals surface area contributed by atoms with Crippen molar-refractivity contribution in [2.24, 2.45) is 0 Å². The molecular formula is C31H36N4O4S. The van der Waals surface area contributed by atoms with E-state index in [9.17, 15) is 14.4 Å². The highest BCUT2D eigenvalue weighted by Crippen LogP contribution is 2.34. The summed E-state index contributed by atoms with van der Waals surface area (Å²) in [5, 5.41) is 4.46. The predicted octanol–water partition coefficient (Wildman–Crippen LogP) is 4.05. The van der Waals surface area contributed by atoms with Crippen molar-refractivity contribution in [3.05, 3.63) is 87.3 Å². The molecule has 0 radical (unpaired) electrons. The summed E-state index contributed by atoms with van der Waals surface area (Å²) in [7, 11) is 1.38. The number of aromatic nitrogens is 2. The van der Waals surface area contributed by atoms with Crippen molar-refractivity contribution in [1.82, 2.24) is 19.8 Å². The largest absolute Gasteiger partial charge is 0.469 e. The van der Waals surface area contributed by atoms with Gasteiger partial charge in [-0.25, -0.2) is 4.98 Å². The molecule has 1 aliphatic carbocycles. The fourth-order valence-corrected chi connectivity index (χ4v) is 6.65. The Kier molecular flexibility index (Phi) is 9.34. The van der Waals surface area contributed by atoms with Gasteiger partial charge in [0.2, 0.25) is 5.91 Å². The molecule has 1 N–H and O–H groups in total. The molecule has 5 rings (SSSR count). The van der Waals surface area contributed by atoms with Crippen molar-refractivity contribution in [3.8, 4) is 5.69 Å². The lowest BCUT2D eigenvalue weighted by Gasteiger charge is -2.30. The van der Waals surface area contributed by atoms with Crippen LogP contribution >= 0.6 is 11.8 Å². The number of nitrogens with one attached hydrogen (secondary N) is 1. The van der Waals surface area contributed by atoms with Crippen LogP contribution in [0.1, 0.15) is 54.5 Å². The monoisotopic (exact) mass is 560 g/mol. The van der Waals surface area contributed by atoms with E-state index in [4.69, 9.17) is 9.72 Å². The van der Waals surface area contributed by atoms with E-state index in [1.807, 2.05) is 54.6 Å². The molecule has 1 amide bonds. The van der Waals surface area contributed by atoms with Gasteiger partial charge in [-0.3, -0.25) is 19.0 Å². The van der Waals surface area contributed by atoms with E-state index < -0.39 is 0 Å². The minimum absolute atomic E-state index is 0.0423. The summed E-state index contributed by atoms with van der Waals surface area (Å²) < 4.78 is 6.45. The Bertz CT molecular complexity index is 1380. The van der Waals surface area contributed by atoms with Gasteiger partial charge in [-0.15, -0.1) is 0 Å². The normalized spacial score (nSPS) is 15.5. The van der Waals surface area contributed by atoms with Crippen LogP contribution in [-0.2, 0) is 40.3 Å². The number of esters is 1. The number of carbonyl (C=O) groups excluding carboxylic acids is 2. The van der Waals surface area contributed by atoms with Gasteiger partial charge in [-0.1, -0.05) is 73.5 Å². The summed E-state index contributed by atoms with van der Waals surface area (Å²) in [6, 6.07) is 17.4. The second-order valence-corrected chi connectivity index (χ2v) is 11.7. The van der Waals surface area contributed by atoms with E-state index in [2.05, 4.69) is 5.32 Å². The average molecular weight is 561 g/mol. The average Bonchev–Trinajstić information content (AvgIpc) is 2.99. The van der Waals surface area contributed by atoms with Gasteiger partial charge in [0.25, 0.3) is 5.56 Å². The third-order valence-corrected chi connectivity index (χ3v) is 8.88. The molecule has 40 heavy (non-hydrogen) atoms. The van der Waals surface area contributed by atoms with Gasteiger partial charge in [0.05, 0.1) is 43.6 Å². The summed E-state index contributed by atoms with van der Waals surface area (Å²) in [5.74, 6) is -0.316. The molecule has 2 heterocycles. The maximum absolute atomic E-state index is 13.9. The number of rotatable bonds is 9. The van der Waals surface area contributed by atoms with Crippen molar-refractivity contribution >= 4 is 23.6 Å². The second-order valence-electron chi connectivity index (χ2n) is 10.4. The Morgan fingerprint density at radius 2 is 1.75 bits per heavy atom. The minimum Gasteiger partial charge on any atom is -0.469 e. The summed E-state index contributed by atoms with van der Waals surface area (Å²) in [6.07, 6.45) is 6.85. The lowest BCUT2D eigenvalue weighted by atomic mass is 10.0. The molecule has 2 aliphatic rings. The van der Waals surface area contributed by atoms with Crippen LogP contribution < -0.4 is 10.9 Å². The van der Waals surface area contributed by atoms with Crippen LogP contribution in [0, 0.1) is 0 Å². The van der Waals surface area contributed by atoms with E-state index in [1.165, 1.54) is 26.4 Å². The number of nitrogens with zero attached hydrogens (tertiary/aromatic N) is 3. The molecule has 8 nitrogen and oxygen atoms in total. The molecular weight excluding hydrogens is 524 g/mol. The van der Waals surface area contributed by atoms with Crippen molar-refractivity contribution in [3.63, 3.8) is 0 Å². The highest BCUT2D eigenvalue weighted by Gasteiger charge is 2.28. The van der Waals surface area contributed by atoms with Crippen LogP contribution in [0.2, 0.25) is 0 Å². The number of fused-ring (bicyclic) bond motifs is 1. The topological polar surface area (TPSA) is 93.5 Å². The van der Waals surface area contributed by atoms with Crippen molar-refractivity contribution in [2.75, 3.05) is 20.2 Å². The number of benzene rings is 2. The molecule has 1 fully saturated rings. The number of carbonyl (C=O) groups is 2. The van der Waals surface area contributed by atoms with Crippen LogP contribution in [-0.4, -0.2) is 51.8 Å². The van der Waals surface area contributed by atoms with Gasteiger partial charge in [0.15, 0.2) is 5.16 Å². The fourth-order valence-electron chi connectivity index (χ4n) is 5.32. The van der Waals surface area contributed by atoms with Gasteiger partial charge < -0.3 is 15.0 Å². The molecule has 0 saturated heterocycles. The Morgan fingerprint density at radius 1 is 1.02 bits per heavy atom. The summed E-state index contributed by atoms with van der Waals surface area (Å²) in [5.41, 5.74) is 4.06. The van der Waals surface area contributed by atoms with Gasteiger partial charge in [0.1, 0.15) is 0 Å². The number of para-hydroxylation sites is 1.